The molecule has 3 aromatic rings. The third-order valence-corrected chi connectivity index (χ3v) is 7.58. The van der Waals surface area contributed by atoms with E-state index in [2.05, 4.69) is 9.71 Å². The van der Waals surface area contributed by atoms with E-state index in [0.717, 1.165) is 18.4 Å². The lowest BCUT2D eigenvalue weighted by Crippen LogP contribution is -2.17. The fourth-order valence-electron chi connectivity index (χ4n) is 4.12. The number of nitrogens with zero attached hydrogens (tertiary/aromatic N) is 1. The molecule has 0 amide bonds. The molecular formula is C24H20ClFN2O5S. The van der Waals surface area contributed by atoms with Crippen LogP contribution < -0.4 is 9.46 Å². The van der Waals surface area contributed by atoms with Crippen molar-refractivity contribution in [2.75, 3.05) is 18.4 Å². The van der Waals surface area contributed by atoms with Gasteiger partial charge in [-0.2, -0.15) is 4.39 Å². The summed E-state index contributed by atoms with van der Waals surface area (Å²) < 4.78 is 54.2. The van der Waals surface area contributed by atoms with E-state index in [0.29, 0.717) is 22.4 Å². The van der Waals surface area contributed by atoms with Crippen molar-refractivity contribution in [1.29, 1.82) is 0 Å². The van der Waals surface area contributed by atoms with Crippen LogP contribution in [0.3, 0.4) is 0 Å². The first-order chi connectivity index (χ1) is 16.3. The SMILES string of the molecule is COc1c(Cl)cc2cc1S(=O)(=O)Nc1cc(ccc1C1CC1)-c1cnc(F)cc1CCOC2=O. The van der Waals surface area contributed by atoms with E-state index in [4.69, 9.17) is 21.1 Å². The number of cyclic esters (lactones) is 1. The van der Waals surface area contributed by atoms with E-state index >= 15 is 0 Å². The normalized spacial score (nSPS) is 17.1. The molecule has 1 aliphatic heterocycles. The second kappa shape index (κ2) is 8.56. The number of fused-ring (bicyclic) bond motifs is 6. The topological polar surface area (TPSA) is 94.6 Å². The van der Waals surface area contributed by atoms with Gasteiger partial charge < -0.3 is 9.47 Å². The smallest absolute Gasteiger partial charge is 0.338 e. The molecule has 4 bridgehead atoms. The van der Waals surface area contributed by atoms with Crippen LogP contribution in [0.25, 0.3) is 11.1 Å². The third kappa shape index (κ3) is 4.21. The van der Waals surface area contributed by atoms with Crippen LogP contribution in [0.2, 0.25) is 5.02 Å². The van der Waals surface area contributed by atoms with Crippen molar-refractivity contribution < 1.29 is 27.1 Å². The summed E-state index contributed by atoms with van der Waals surface area (Å²) in [6.45, 7) is -0.0493. The Kier molecular flexibility index (Phi) is 5.69. The van der Waals surface area contributed by atoms with Gasteiger partial charge in [-0.05, 0) is 59.7 Å². The summed E-state index contributed by atoms with van der Waals surface area (Å²) in [6, 6.07) is 9.22. The standard InChI is InChI=1S/C24H20ClFN2O5S/c1-32-23-19(25)8-16-10-21(23)34(30,31)28-20-9-14(4-5-17(20)13-2-3-13)18-12-27-22(26)11-15(18)6-7-33-24(16)29/h4-5,8-13,28H,2-3,6-7H2,1H3. The number of carbonyl (C=O) groups is 1. The van der Waals surface area contributed by atoms with Gasteiger partial charge in [-0.25, -0.2) is 18.2 Å². The number of hydrogen-bond donors (Lipinski definition) is 1. The largest absolute Gasteiger partial charge is 0.494 e. The Morgan fingerprint density at radius 1 is 1.18 bits per heavy atom. The minimum Gasteiger partial charge on any atom is -0.494 e. The van der Waals surface area contributed by atoms with Crippen molar-refractivity contribution in [1.82, 2.24) is 4.98 Å². The summed E-state index contributed by atoms with van der Waals surface area (Å²) in [4.78, 5) is 16.2. The molecule has 2 heterocycles. The fourth-order valence-corrected chi connectivity index (χ4v) is 5.77. The average molecular weight is 503 g/mol. The monoisotopic (exact) mass is 502 g/mol. The van der Waals surface area contributed by atoms with Crippen molar-refractivity contribution in [2.24, 2.45) is 0 Å². The molecule has 0 atom stereocenters. The van der Waals surface area contributed by atoms with Gasteiger partial charge in [0.1, 0.15) is 4.90 Å². The van der Waals surface area contributed by atoms with Crippen molar-refractivity contribution in [3.63, 3.8) is 0 Å². The van der Waals surface area contributed by atoms with Gasteiger partial charge in [0.25, 0.3) is 10.0 Å². The molecule has 2 aromatic carbocycles. The highest BCUT2D eigenvalue weighted by Gasteiger charge is 2.30. The van der Waals surface area contributed by atoms with Crippen LogP contribution in [-0.2, 0) is 21.2 Å². The van der Waals surface area contributed by atoms with Gasteiger partial charge in [0.2, 0.25) is 5.95 Å². The van der Waals surface area contributed by atoms with Crippen LogP contribution in [0.1, 0.15) is 40.2 Å². The second-order valence-electron chi connectivity index (χ2n) is 8.22. The van der Waals surface area contributed by atoms with E-state index in [9.17, 15) is 17.6 Å². The van der Waals surface area contributed by atoms with Crippen molar-refractivity contribution in [3.8, 4) is 16.9 Å². The molecule has 1 N–H and O–H groups in total. The molecule has 0 radical (unpaired) electrons. The highest BCUT2D eigenvalue weighted by molar-refractivity contribution is 7.92. The maximum atomic E-state index is 13.9. The Morgan fingerprint density at radius 2 is 1.97 bits per heavy atom. The Morgan fingerprint density at radius 3 is 2.71 bits per heavy atom. The van der Waals surface area contributed by atoms with E-state index < -0.39 is 21.9 Å². The molecular weight excluding hydrogens is 483 g/mol. The number of ether oxygens (including phenoxy) is 2. The Hall–Kier alpha value is -3.17. The van der Waals surface area contributed by atoms with Gasteiger partial charge in [0.05, 0.1) is 30.0 Å². The van der Waals surface area contributed by atoms with Gasteiger partial charge in [-0.1, -0.05) is 23.7 Å². The lowest BCUT2D eigenvalue weighted by molar-refractivity contribution is 0.0509. The molecule has 1 fully saturated rings. The van der Waals surface area contributed by atoms with E-state index in [1.165, 1.54) is 31.5 Å². The first kappa shape index (κ1) is 22.6. The van der Waals surface area contributed by atoms with Crippen molar-refractivity contribution >= 4 is 33.3 Å². The van der Waals surface area contributed by atoms with Gasteiger partial charge >= 0.3 is 5.97 Å². The predicted molar refractivity (Wildman–Crippen MR) is 124 cm³/mol. The molecule has 7 nitrogen and oxygen atoms in total. The van der Waals surface area contributed by atoms with Gasteiger partial charge in [-0.3, -0.25) is 4.72 Å². The number of benzene rings is 2. The molecule has 176 valence electrons. The maximum Gasteiger partial charge on any atom is 0.338 e. The zero-order valence-corrected chi connectivity index (χ0v) is 19.7. The van der Waals surface area contributed by atoms with Crippen LogP contribution in [0, 0.1) is 5.95 Å². The first-order valence-electron chi connectivity index (χ1n) is 10.6. The number of nitrogens with one attached hydrogen (secondary N) is 1. The minimum atomic E-state index is -4.21. The number of halogens is 2. The summed E-state index contributed by atoms with van der Waals surface area (Å²) in [6.07, 6.45) is 3.54. The average Bonchev–Trinajstić information content (AvgIpc) is 3.63. The number of hydrogen-bond acceptors (Lipinski definition) is 6. The molecule has 1 saturated carbocycles. The number of aromatic nitrogens is 1. The van der Waals surface area contributed by atoms with Crippen LogP contribution in [-0.4, -0.2) is 33.1 Å². The summed E-state index contributed by atoms with van der Waals surface area (Å²) in [5.41, 5.74) is 3.08. The number of pyridine rings is 1. The predicted octanol–water partition coefficient (Wildman–Crippen LogP) is 4.94. The van der Waals surface area contributed by atoms with Crippen molar-refractivity contribution in [2.45, 2.75) is 30.1 Å². The second-order valence-corrected chi connectivity index (χ2v) is 10.3. The van der Waals surface area contributed by atoms with Crippen LogP contribution in [0.5, 0.6) is 5.75 Å². The molecule has 1 aliphatic carbocycles. The first-order valence-corrected chi connectivity index (χ1v) is 12.5. The molecule has 1 aromatic heterocycles. The zero-order chi connectivity index (χ0) is 24.0. The number of anilines is 1. The zero-order valence-electron chi connectivity index (χ0n) is 18.1. The Labute approximate surface area is 200 Å². The minimum absolute atomic E-state index is 0.0412. The number of methoxy groups -OCH3 is 1. The summed E-state index contributed by atoms with van der Waals surface area (Å²) >= 11 is 6.26. The van der Waals surface area contributed by atoms with Gasteiger partial charge in [0, 0.05) is 18.2 Å². The molecule has 0 saturated heterocycles. The fraction of sp³-hybridized carbons (Fsp3) is 0.250. The highest BCUT2D eigenvalue weighted by Crippen LogP contribution is 2.45. The number of carbonyl (C=O) groups excluding carboxylic acids is 1. The molecule has 10 heteroatoms. The number of rotatable bonds is 2. The summed E-state index contributed by atoms with van der Waals surface area (Å²) in [5, 5.41) is -0.0425. The summed E-state index contributed by atoms with van der Waals surface area (Å²) in [5.74, 6) is -1.25. The van der Waals surface area contributed by atoms with Gasteiger partial charge in [0.15, 0.2) is 5.75 Å². The van der Waals surface area contributed by atoms with Crippen LogP contribution >= 0.6 is 11.6 Å². The molecule has 5 rings (SSSR count). The van der Waals surface area contributed by atoms with E-state index in [1.807, 2.05) is 12.1 Å². The molecule has 0 spiro atoms. The Bertz CT molecular complexity index is 1420. The maximum absolute atomic E-state index is 13.9. The Balaban J connectivity index is 1.73. The van der Waals surface area contributed by atoms with E-state index in [-0.39, 0.29) is 40.2 Å². The quantitative estimate of drug-likeness (QED) is 0.394. The van der Waals surface area contributed by atoms with E-state index in [1.54, 1.807) is 6.07 Å². The molecule has 0 unspecified atom stereocenters. The third-order valence-electron chi connectivity index (χ3n) is 5.93. The lowest BCUT2D eigenvalue weighted by atomic mass is 9.97. The lowest BCUT2D eigenvalue weighted by Gasteiger charge is -2.18. The number of sulfonamides is 1. The molecule has 2 aliphatic rings. The number of esters is 1. The van der Waals surface area contributed by atoms with Gasteiger partial charge in [-0.15, -0.1) is 0 Å². The highest BCUT2D eigenvalue weighted by atomic mass is 35.5. The van der Waals surface area contributed by atoms with Crippen LogP contribution in [0.4, 0.5) is 10.1 Å². The summed E-state index contributed by atoms with van der Waals surface area (Å²) in [7, 11) is -2.91. The van der Waals surface area contributed by atoms with Crippen LogP contribution in [0.15, 0.2) is 47.5 Å². The molecule has 34 heavy (non-hydrogen) atoms. The van der Waals surface area contributed by atoms with Crippen molar-refractivity contribution in [3.05, 3.63) is 70.3 Å².